The van der Waals surface area contributed by atoms with Crippen LogP contribution in [0.2, 0.25) is 0 Å². The molecule has 10 nitrogen and oxygen atoms in total. The van der Waals surface area contributed by atoms with Crippen molar-refractivity contribution in [3.8, 4) is 0 Å². The lowest BCUT2D eigenvalue weighted by molar-refractivity contribution is -0.186. The van der Waals surface area contributed by atoms with Crippen LogP contribution in [0.5, 0.6) is 0 Å². The Labute approximate surface area is 246 Å². The van der Waals surface area contributed by atoms with Crippen molar-refractivity contribution in [1.82, 2.24) is 19.9 Å². The maximum Gasteiger partial charge on any atom is 0.229 e. The number of anilines is 5. The lowest BCUT2D eigenvalue weighted by Crippen LogP contribution is -2.54. The van der Waals surface area contributed by atoms with E-state index in [0.717, 1.165) is 42.4 Å². The van der Waals surface area contributed by atoms with Crippen molar-refractivity contribution in [3.05, 3.63) is 59.9 Å². The molecule has 2 aromatic heterocycles. The standard InChI is InChI=1S/C32H39N7O3/c1-30(2)13-26-31(3,17-42-30)24-14-33-29(34-20-8-10-21(11-9-20)38-16-22-12-23(38)15-37(22)4)36-28(24)39(26)27-7-5-6-25(35-27)32(40)18-41-19-32/h5-11,14,22-23,26,40H,12-13,15-19H2,1-4H3,(H,33,34,36)/t22-,23-,26-,31-/m1/s1. The highest BCUT2D eigenvalue weighted by Crippen LogP contribution is 2.53. The molecule has 0 aliphatic carbocycles. The highest BCUT2D eigenvalue weighted by Gasteiger charge is 2.55. The van der Waals surface area contributed by atoms with Crippen LogP contribution in [0.25, 0.3) is 0 Å². The number of aliphatic hydroxyl groups is 1. The molecule has 4 atom stereocenters. The zero-order valence-corrected chi connectivity index (χ0v) is 24.7. The summed E-state index contributed by atoms with van der Waals surface area (Å²) >= 11 is 0. The minimum Gasteiger partial charge on any atom is -0.379 e. The summed E-state index contributed by atoms with van der Waals surface area (Å²) in [5, 5.41) is 14.4. The monoisotopic (exact) mass is 569 g/mol. The molecule has 7 heterocycles. The lowest BCUT2D eigenvalue weighted by atomic mass is 9.73. The quantitative estimate of drug-likeness (QED) is 0.473. The van der Waals surface area contributed by atoms with Crippen LogP contribution in [0.3, 0.4) is 0 Å². The normalized spacial score (nSPS) is 30.6. The highest BCUT2D eigenvalue weighted by atomic mass is 16.5. The molecule has 0 unspecified atom stereocenters. The number of benzene rings is 1. The van der Waals surface area contributed by atoms with E-state index < -0.39 is 5.60 Å². The molecule has 2 bridgehead atoms. The minimum atomic E-state index is -1.05. The van der Waals surface area contributed by atoms with Gasteiger partial charge in [0.2, 0.25) is 5.95 Å². The van der Waals surface area contributed by atoms with Crippen LogP contribution < -0.4 is 15.1 Å². The second-order valence-corrected chi connectivity index (χ2v) is 13.7. The average Bonchev–Trinajstić information content (AvgIpc) is 3.61. The SMILES string of the molecule is CN1C[C@H]2C[C@@H]1CN2c1ccc(Nc2ncc3c(n2)N(c2cccc(C4(O)COC4)n2)[C@@H]2CC(C)(C)OC[C@]32C)cc1. The van der Waals surface area contributed by atoms with E-state index in [1.807, 2.05) is 24.4 Å². The fraction of sp³-hybridized carbons (Fsp3) is 0.531. The van der Waals surface area contributed by atoms with Crippen molar-refractivity contribution < 1.29 is 14.6 Å². The first-order chi connectivity index (χ1) is 20.1. The van der Waals surface area contributed by atoms with Gasteiger partial charge in [0.25, 0.3) is 0 Å². The van der Waals surface area contributed by atoms with Gasteiger partial charge in [0.1, 0.15) is 11.6 Å². The van der Waals surface area contributed by atoms with Gasteiger partial charge in [0.05, 0.1) is 37.2 Å². The molecule has 220 valence electrons. The van der Waals surface area contributed by atoms with E-state index >= 15 is 0 Å². The largest absolute Gasteiger partial charge is 0.379 e. The first-order valence-electron chi connectivity index (χ1n) is 15.0. The molecule has 0 radical (unpaired) electrons. The Morgan fingerprint density at radius 2 is 1.79 bits per heavy atom. The summed E-state index contributed by atoms with van der Waals surface area (Å²) in [4.78, 5) is 22.1. The summed E-state index contributed by atoms with van der Waals surface area (Å²) in [6.07, 6.45) is 4.00. The summed E-state index contributed by atoms with van der Waals surface area (Å²) < 4.78 is 11.7. The van der Waals surface area contributed by atoms with Gasteiger partial charge in [-0.05, 0) is 70.1 Å². The number of nitrogens with one attached hydrogen (secondary N) is 1. The summed E-state index contributed by atoms with van der Waals surface area (Å²) in [6, 6.07) is 15.8. The molecule has 2 N–H and O–H groups in total. The third-order valence-corrected chi connectivity index (χ3v) is 10.2. The zero-order chi connectivity index (χ0) is 28.9. The number of aromatic nitrogens is 3. The van der Waals surface area contributed by atoms with Gasteiger partial charge in [0, 0.05) is 53.7 Å². The van der Waals surface area contributed by atoms with E-state index in [1.54, 1.807) is 0 Å². The van der Waals surface area contributed by atoms with Crippen molar-refractivity contribution >= 4 is 29.0 Å². The van der Waals surface area contributed by atoms with Crippen LogP contribution in [0.4, 0.5) is 29.0 Å². The van der Waals surface area contributed by atoms with Gasteiger partial charge < -0.3 is 29.7 Å². The molecule has 3 aromatic rings. The van der Waals surface area contributed by atoms with Crippen LogP contribution in [0.1, 0.15) is 44.9 Å². The third-order valence-electron chi connectivity index (χ3n) is 10.2. The number of hydrogen-bond donors (Lipinski definition) is 2. The number of fused-ring (bicyclic) bond motifs is 5. The predicted octanol–water partition coefficient (Wildman–Crippen LogP) is 3.70. The number of likely N-dealkylation sites (N-methyl/N-ethyl adjacent to an activating group) is 1. The number of pyridine rings is 1. The minimum absolute atomic E-state index is 0.0740. The van der Waals surface area contributed by atoms with Crippen LogP contribution in [-0.4, -0.2) is 88.6 Å². The zero-order valence-electron chi connectivity index (χ0n) is 24.7. The van der Waals surface area contributed by atoms with Gasteiger partial charge in [-0.25, -0.2) is 9.97 Å². The summed E-state index contributed by atoms with van der Waals surface area (Å²) in [5.41, 5.74) is 2.25. The van der Waals surface area contributed by atoms with E-state index in [4.69, 9.17) is 24.4 Å². The second-order valence-electron chi connectivity index (χ2n) is 13.7. The number of likely N-dealkylation sites (tertiary alicyclic amines) is 1. The Morgan fingerprint density at radius 3 is 2.48 bits per heavy atom. The topological polar surface area (TPSA) is 99.1 Å². The van der Waals surface area contributed by atoms with E-state index in [9.17, 15) is 5.11 Å². The van der Waals surface area contributed by atoms with E-state index in [1.165, 1.54) is 12.1 Å². The maximum atomic E-state index is 11.0. The van der Waals surface area contributed by atoms with Crippen LogP contribution >= 0.6 is 0 Å². The van der Waals surface area contributed by atoms with Gasteiger partial charge in [0.15, 0.2) is 5.60 Å². The Balaban J connectivity index is 1.11. The Bertz CT molecular complexity index is 1520. The summed E-state index contributed by atoms with van der Waals surface area (Å²) in [5.74, 6) is 2.13. The number of ether oxygens (including phenoxy) is 2. The van der Waals surface area contributed by atoms with Crippen molar-refractivity contribution in [3.63, 3.8) is 0 Å². The molecule has 42 heavy (non-hydrogen) atoms. The van der Waals surface area contributed by atoms with Crippen LogP contribution in [-0.2, 0) is 20.5 Å². The number of piperazine rings is 1. The number of nitrogens with zero attached hydrogens (tertiary/aromatic N) is 6. The molecule has 5 aliphatic heterocycles. The molecule has 4 fully saturated rings. The predicted molar refractivity (Wildman–Crippen MR) is 161 cm³/mol. The van der Waals surface area contributed by atoms with Crippen molar-refractivity contribution in [2.24, 2.45) is 0 Å². The van der Waals surface area contributed by atoms with Gasteiger partial charge in [-0.1, -0.05) is 13.0 Å². The fourth-order valence-electron chi connectivity index (χ4n) is 7.57. The van der Waals surface area contributed by atoms with Gasteiger partial charge >= 0.3 is 0 Å². The van der Waals surface area contributed by atoms with Gasteiger partial charge in [-0.15, -0.1) is 0 Å². The van der Waals surface area contributed by atoms with Crippen molar-refractivity contribution in [2.45, 2.75) is 68.4 Å². The fourth-order valence-corrected chi connectivity index (χ4v) is 7.57. The Hall–Kier alpha value is -3.31. The van der Waals surface area contributed by atoms with E-state index in [0.29, 0.717) is 30.3 Å². The van der Waals surface area contributed by atoms with Crippen LogP contribution in [0.15, 0.2) is 48.7 Å². The first kappa shape index (κ1) is 26.3. The molecule has 0 saturated carbocycles. The molecule has 1 aromatic carbocycles. The van der Waals surface area contributed by atoms with E-state index in [-0.39, 0.29) is 30.3 Å². The van der Waals surface area contributed by atoms with Crippen LogP contribution in [0, 0.1) is 0 Å². The van der Waals surface area contributed by atoms with Crippen molar-refractivity contribution in [1.29, 1.82) is 0 Å². The van der Waals surface area contributed by atoms with Gasteiger partial charge in [-0.3, -0.25) is 4.90 Å². The molecule has 0 amide bonds. The highest BCUT2D eigenvalue weighted by molar-refractivity contribution is 5.71. The summed E-state index contributed by atoms with van der Waals surface area (Å²) in [7, 11) is 2.23. The number of hydrogen-bond acceptors (Lipinski definition) is 10. The van der Waals surface area contributed by atoms with E-state index in [2.05, 4.69) is 72.1 Å². The molecular formula is C32H39N7O3. The van der Waals surface area contributed by atoms with Crippen molar-refractivity contribution in [2.75, 3.05) is 55.1 Å². The molecular weight excluding hydrogens is 530 g/mol. The maximum absolute atomic E-state index is 11.0. The van der Waals surface area contributed by atoms with Gasteiger partial charge in [-0.2, -0.15) is 4.98 Å². The summed E-state index contributed by atoms with van der Waals surface area (Å²) in [6.45, 7) is 9.83. The second kappa shape index (κ2) is 9.09. The Morgan fingerprint density at radius 1 is 0.976 bits per heavy atom. The lowest BCUT2D eigenvalue weighted by Gasteiger charge is -2.46. The Kier molecular flexibility index (Phi) is 5.70. The molecule has 5 aliphatic rings. The molecule has 8 rings (SSSR count). The number of rotatable bonds is 5. The molecule has 0 spiro atoms. The molecule has 10 heteroatoms. The smallest absolute Gasteiger partial charge is 0.229 e. The molecule has 4 saturated heterocycles. The first-order valence-corrected chi connectivity index (χ1v) is 15.0. The average molecular weight is 570 g/mol. The third kappa shape index (κ3) is 4.03.